The monoisotopic (exact) mass is 382 g/mol. The SMILES string of the molecule is CCOc1ccc(C(NC(=O)N2CCC(C)(C(=O)O)C2)c2ccccc2)cc1. The van der Waals surface area contributed by atoms with Gasteiger partial charge in [0.05, 0.1) is 18.1 Å². The highest BCUT2D eigenvalue weighted by Gasteiger charge is 2.42. The van der Waals surface area contributed by atoms with Gasteiger partial charge < -0.3 is 20.1 Å². The molecule has 0 bridgehead atoms. The van der Waals surface area contributed by atoms with Gasteiger partial charge in [-0.25, -0.2) is 4.79 Å². The van der Waals surface area contributed by atoms with Crippen molar-refractivity contribution >= 4 is 12.0 Å². The Hall–Kier alpha value is -3.02. The van der Waals surface area contributed by atoms with Gasteiger partial charge >= 0.3 is 12.0 Å². The molecule has 0 spiro atoms. The van der Waals surface area contributed by atoms with Crippen molar-refractivity contribution in [2.45, 2.75) is 26.3 Å². The number of carboxylic acids is 1. The zero-order valence-electron chi connectivity index (χ0n) is 16.2. The first-order chi connectivity index (χ1) is 13.4. The third-order valence-electron chi connectivity index (χ3n) is 5.20. The van der Waals surface area contributed by atoms with E-state index in [1.54, 1.807) is 11.8 Å². The lowest BCUT2D eigenvalue weighted by Crippen LogP contribution is -2.42. The number of benzene rings is 2. The molecule has 6 heteroatoms. The number of urea groups is 1. The molecular formula is C22H26N2O4. The highest BCUT2D eigenvalue weighted by Crippen LogP contribution is 2.31. The smallest absolute Gasteiger partial charge is 0.318 e. The van der Waals surface area contributed by atoms with E-state index in [-0.39, 0.29) is 18.6 Å². The molecule has 1 heterocycles. The van der Waals surface area contributed by atoms with Gasteiger partial charge in [-0.3, -0.25) is 4.79 Å². The predicted octanol–water partition coefficient (Wildman–Crippen LogP) is 3.68. The number of amides is 2. The lowest BCUT2D eigenvalue weighted by Gasteiger charge is -2.25. The van der Waals surface area contributed by atoms with Crippen LogP contribution in [-0.4, -0.2) is 41.7 Å². The van der Waals surface area contributed by atoms with E-state index in [0.717, 1.165) is 16.9 Å². The predicted molar refractivity (Wildman–Crippen MR) is 106 cm³/mol. The van der Waals surface area contributed by atoms with Gasteiger partial charge in [0.2, 0.25) is 0 Å². The molecule has 0 aromatic heterocycles. The highest BCUT2D eigenvalue weighted by molar-refractivity contribution is 5.80. The summed E-state index contributed by atoms with van der Waals surface area (Å²) in [5.41, 5.74) is 1.00. The normalized spacial score (nSPS) is 19.9. The molecule has 2 amide bonds. The molecule has 1 saturated heterocycles. The van der Waals surface area contributed by atoms with E-state index >= 15 is 0 Å². The number of carboxylic acid groups (broad SMARTS) is 1. The second-order valence-electron chi connectivity index (χ2n) is 7.33. The topological polar surface area (TPSA) is 78.9 Å². The minimum Gasteiger partial charge on any atom is -0.494 e. The molecule has 148 valence electrons. The average molecular weight is 382 g/mol. The zero-order chi connectivity index (χ0) is 20.1. The Bertz CT molecular complexity index is 822. The van der Waals surface area contributed by atoms with Crippen molar-refractivity contribution in [3.05, 3.63) is 65.7 Å². The minimum absolute atomic E-state index is 0.207. The van der Waals surface area contributed by atoms with Crippen LogP contribution in [0.5, 0.6) is 5.75 Å². The Morgan fingerprint density at radius 3 is 2.36 bits per heavy atom. The standard InChI is InChI=1S/C22H26N2O4/c1-3-28-18-11-9-17(10-12-18)19(16-7-5-4-6-8-16)23-21(27)24-14-13-22(2,15-24)20(25)26/h4-12,19H,3,13-15H2,1-2H3,(H,23,27)(H,25,26). The summed E-state index contributed by atoms with van der Waals surface area (Å²) >= 11 is 0. The molecule has 0 saturated carbocycles. The van der Waals surface area contributed by atoms with Crippen LogP contribution in [0.3, 0.4) is 0 Å². The van der Waals surface area contributed by atoms with Crippen molar-refractivity contribution in [3.63, 3.8) is 0 Å². The van der Waals surface area contributed by atoms with Crippen LogP contribution < -0.4 is 10.1 Å². The molecule has 0 aliphatic carbocycles. The van der Waals surface area contributed by atoms with E-state index < -0.39 is 11.4 Å². The summed E-state index contributed by atoms with van der Waals surface area (Å²) in [7, 11) is 0. The molecule has 1 aliphatic heterocycles. The minimum atomic E-state index is -0.890. The van der Waals surface area contributed by atoms with Crippen LogP contribution in [0.4, 0.5) is 4.79 Å². The summed E-state index contributed by atoms with van der Waals surface area (Å²) in [6.07, 6.45) is 0.453. The Morgan fingerprint density at radius 1 is 1.14 bits per heavy atom. The third kappa shape index (κ3) is 4.27. The lowest BCUT2D eigenvalue weighted by atomic mass is 9.90. The molecule has 2 atom stereocenters. The average Bonchev–Trinajstić information content (AvgIpc) is 3.12. The van der Waals surface area contributed by atoms with Crippen molar-refractivity contribution in [2.75, 3.05) is 19.7 Å². The maximum Gasteiger partial charge on any atom is 0.318 e. The molecule has 3 rings (SSSR count). The summed E-state index contributed by atoms with van der Waals surface area (Å²) in [6, 6.07) is 16.8. The first kappa shape index (κ1) is 19.7. The molecule has 28 heavy (non-hydrogen) atoms. The molecule has 1 fully saturated rings. The first-order valence-electron chi connectivity index (χ1n) is 9.49. The van der Waals surface area contributed by atoms with Crippen LogP contribution in [0.2, 0.25) is 0 Å². The number of hydrogen-bond acceptors (Lipinski definition) is 3. The first-order valence-corrected chi connectivity index (χ1v) is 9.49. The van der Waals surface area contributed by atoms with Gasteiger partial charge in [0.15, 0.2) is 0 Å². The fourth-order valence-electron chi connectivity index (χ4n) is 3.45. The van der Waals surface area contributed by atoms with Gasteiger partial charge in [-0.15, -0.1) is 0 Å². The summed E-state index contributed by atoms with van der Waals surface area (Å²) in [5, 5.41) is 12.5. The number of ether oxygens (including phenoxy) is 1. The Balaban J connectivity index is 1.80. The van der Waals surface area contributed by atoms with Crippen LogP contribution in [0.15, 0.2) is 54.6 Å². The van der Waals surface area contributed by atoms with Gasteiger partial charge in [-0.2, -0.15) is 0 Å². The van der Waals surface area contributed by atoms with Gasteiger partial charge in [-0.1, -0.05) is 42.5 Å². The number of rotatable bonds is 6. The van der Waals surface area contributed by atoms with Crippen molar-refractivity contribution in [1.29, 1.82) is 0 Å². The Labute approximate surface area is 165 Å². The van der Waals surface area contributed by atoms with E-state index in [1.165, 1.54) is 0 Å². The van der Waals surface area contributed by atoms with Crippen LogP contribution in [0.1, 0.15) is 37.4 Å². The van der Waals surface area contributed by atoms with E-state index in [4.69, 9.17) is 4.74 Å². The van der Waals surface area contributed by atoms with Gasteiger partial charge in [0.25, 0.3) is 0 Å². The highest BCUT2D eigenvalue weighted by atomic mass is 16.5. The van der Waals surface area contributed by atoms with Gasteiger partial charge in [-0.05, 0) is 43.5 Å². The van der Waals surface area contributed by atoms with Gasteiger partial charge in [0.1, 0.15) is 5.75 Å². The van der Waals surface area contributed by atoms with Crippen LogP contribution in [-0.2, 0) is 4.79 Å². The molecule has 6 nitrogen and oxygen atoms in total. The van der Waals surface area contributed by atoms with E-state index in [1.807, 2.05) is 61.5 Å². The van der Waals surface area contributed by atoms with Crippen molar-refractivity contribution in [1.82, 2.24) is 10.2 Å². The van der Waals surface area contributed by atoms with E-state index in [2.05, 4.69) is 5.32 Å². The molecule has 2 N–H and O–H groups in total. The molecule has 2 aromatic carbocycles. The second kappa shape index (κ2) is 8.33. The number of carbonyl (C=O) groups excluding carboxylic acids is 1. The third-order valence-corrected chi connectivity index (χ3v) is 5.20. The summed E-state index contributed by atoms with van der Waals surface area (Å²) in [4.78, 5) is 25.9. The fourth-order valence-corrected chi connectivity index (χ4v) is 3.45. The molecule has 1 aliphatic rings. The molecule has 2 aromatic rings. The van der Waals surface area contributed by atoms with Crippen molar-refractivity contribution in [3.8, 4) is 5.75 Å². The molecule has 2 unspecified atom stereocenters. The summed E-state index contributed by atoms with van der Waals surface area (Å²) in [6.45, 7) is 4.85. The second-order valence-corrected chi connectivity index (χ2v) is 7.33. The summed E-state index contributed by atoms with van der Waals surface area (Å²) < 4.78 is 5.50. The number of aliphatic carboxylic acids is 1. The summed E-state index contributed by atoms with van der Waals surface area (Å²) in [5.74, 6) is -0.0879. The number of nitrogens with zero attached hydrogens (tertiary/aromatic N) is 1. The molecular weight excluding hydrogens is 356 g/mol. The Kier molecular flexibility index (Phi) is 5.87. The van der Waals surface area contributed by atoms with Crippen LogP contribution in [0.25, 0.3) is 0 Å². The number of nitrogens with one attached hydrogen (secondary N) is 1. The van der Waals surface area contributed by atoms with E-state index in [9.17, 15) is 14.7 Å². The number of likely N-dealkylation sites (tertiary alicyclic amines) is 1. The zero-order valence-corrected chi connectivity index (χ0v) is 16.2. The molecule has 0 radical (unpaired) electrons. The lowest BCUT2D eigenvalue weighted by molar-refractivity contribution is -0.147. The fraction of sp³-hybridized carbons (Fsp3) is 0.364. The van der Waals surface area contributed by atoms with Crippen molar-refractivity contribution in [2.24, 2.45) is 5.41 Å². The quantitative estimate of drug-likeness (QED) is 0.799. The van der Waals surface area contributed by atoms with Crippen LogP contribution in [0, 0.1) is 5.41 Å². The number of carbonyl (C=O) groups is 2. The maximum atomic E-state index is 12.9. The van der Waals surface area contributed by atoms with Gasteiger partial charge in [0, 0.05) is 13.1 Å². The van der Waals surface area contributed by atoms with E-state index in [0.29, 0.717) is 19.6 Å². The number of hydrogen-bond donors (Lipinski definition) is 2. The van der Waals surface area contributed by atoms with Crippen LogP contribution >= 0.6 is 0 Å². The Morgan fingerprint density at radius 2 is 1.79 bits per heavy atom. The van der Waals surface area contributed by atoms with Crippen molar-refractivity contribution < 1.29 is 19.4 Å². The maximum absolute atomic E-state index is 12.9. The largest absolute Gasteiger partial charge is 0.494 e.